The Morgan fingerprint density at radius 3 is 2.20 bits per heavy atom. The maximum absolute atomic E-state index is 6.36. The predicted octanol–water partition coefficient (Wildman–Crippen LogP) is 10.8. The highest BCUT2D eigenvalue weighted by Gasteiger charge is 2.24. The molecule has 0 bridgehead atoms. The molecule has 0 saturated heterocycles. The van der Waals surface area contributed by atoms with Gasteiger partial charge in [-0.25, -0.2) is 0 Å². The van der Waals surface area contributed by atoms with Crippen molar-refractivity contribution >= 4 is 60.8 Å². The first kappa shape index (κ1) is 30.1. The topological polar surface area (TPSA) is 40.4 Å². The van der Waals surface area contributed by atoms with Crippen molar-refractivity contribution in [2.24, 2.45) is 0 Å². The molecule has 5 aromatic rings. The molecule has 7 rings (SSSR count). The third-order valence-corrected chi connectivity index (χ3v) is 13.5. The zero-order chi connectivity index (χ0) is 32.1. The van der Waals surface area contributed by atoms with Crippen LogP contribution in [0.1, 0.15) is 17.2 Å². The van der Waals surface area contributed by atoms with Crippen LogP contribution in [0.2, 0.25) is 39.3 Å². The molecule has 0 fully saturated rings. The Hall–Kier alpha value is -4.53. The van der Waals surface area contributed by atoms with Crippen molar-refractivity contribution in [3.05, 3.63) is 143 Å². The molecule has 0 amide bonds. The van der Waals surface area contributed by atoms with E-state index in [4.69, 9.17) is 4.42 Å². The van der Waals surface area contributed by atoms with Gasteiger partial charge in [0.15, 0.2) is 0 Å². The Balaban J connectivity index is 1.36. The average molecular weight is 638 g/mol. The molecule has 1 unspecified atom stereocenters. The second kappa shape index (κ2) is 11.7. The van der Waals surface area contributed by atoms with E-state index in [1.54, 1.807) is 5.20 Å². The maximum atomic E-state index is 6.36. The first-order valence-electron chi connectivity index (χ1n) is 16.3. The van der Waals surface area contributed by atoms with E-state index < -0.39 is 16.1 Å². The van der Waals surface area contributed by atoms with Gasteiger partial charge in [-0.1, -0.05) is 111 Å². The summed E-state index contributed by atoms with van der Waals surface area (Å²) in [5.41, 5.74) is 8.65. The minimum Gasteiger partial charge on any atom is -0.456 e. The Labute approximate surface area is 274 Å². The summed E-state index contributed by atoms with van der Waals surface area (Å²) in [6.45, 7) is 15.3. The molecule has 46 heavy (non-hydrogen) atoms. The number of rotatable bonds is 7. The zero-order valence-corrected chi connectivity index (χ0v) is 29.7. The van der Waals surface area contributed by atoms with Crippen LogP contribution in [0.15, 0.2) is 136 Å². The quantitative estimate of drug-likeness (QED) is 0.174. The van der Waals surface area contributed by atoms with E-state index in [0.717, 1.165) is 51.2 Å². The summed E-state index contributed by atoms with van der Waals surface area (Å²) < 4.78 is 6.36. The van der Waals surface area contributed by atoms with Gasteiger partial charge in [-0.05, 0) is 71.1 Å². The van der Waals surface area contributed by atoms with Crippen molar-refractivity contribution < 1.29 is 4.42 Å². The number of para-hydroxylation sites is 1. The molecule has 2 N–H and O–H groups in total. The van der Waals surface area contributed by atoms with Gasteiger partial charge in [0.1, 0.15) is 11.2 Å². The molecule has 2 aliphatic heterocycles. The minimum absolute atomic E-state index is 0.114. The average Bonchev–Trinajstić information content (AvgIpc) is 3.44. The fourth-order valence-electron chi connectivity index (χ4n) is 6.40. The predicted molar refractivity (Wildman–Crippen MR) is 202 cm³/mol. The number of benzene rings is 4. The number of anilines is 3. The van der Waals surface area contributed by atoms with Crippen LogP contribution in [-0.4, -0.2) is 22.7 Å². The maximum Gasteiger partial charge on any atom is 0.137 e. The second-order valence-electron chi connectivity index (χ2n) is 14.5. The standard InChI is InChI=1S/C40H43N3OSi2/c1-45(2,3)32-20-22-35(41-26-32)28-12-9-14-30(24-28)43(37-17-11-19-39-40(37)34-16-7-8-18-38(34)44-39)31-15-10-13-29(25-31)36-23-21-33(27-42-36)46(4,5)6/h7-26,35,41-42H,27H2,1-6H3. The van der Waals surface area contributed by atoms with Crippen molar-refractivity contribution in [3.63, 3.8) is 0 Å². The van der Waals surface area contributed by atoms with Gasteiger partial charge < -0.3 is 20.0 Å². The molecule has 0 radical (unpaired) electrons. The summed E-state index contributed by atoms with van der Waals surface area (Å²) in [5, 5.41) is 12.6. The summed E-state index contributed by atoms with van der Waals surface area (Å²) in [5.74, 6) is 0. The van der Waals surface area contributed by atoms with Crippen molar-refractivity contribution in [2.45, 2.75) is 45.3 Å². The van der Waals surface area contributed by atoms with E-state index in [1.807, 2.05) is 6.07 Å². The summed E-state index contributed by atoms with van der Waals surface area (Å²) in [4.78, 5) is 2.39. The molecule has 4 aromatic carbocycles. The van der Waals surface area contributed by atoms with E-state index in [1.165, 1.54) is 16.3 Å². The van der Waals surface area contributed by atoms with E-state index in [0.29, 0.717) is 0 Å². The first-order chi connectivity index (χ1) is 22.1. The van der Waals surface area contributed by atoms with Gasteiger partial charge in [0.2, 0.25) is 0 Å². The minimum atomic E-state index is -1.40. The van der Waals surface area contributed by atoms with Crippen LogP contribution in [0, 0.1) is 0 Å². The summed E-state index contributed by atoms with van der Waals surface area (Å²) in [7, 11) is -2.75. The fourth-order valence-corrected chi connectivity index (χ4v) is 8.72. The van der Waals surface area contributed by atoms with E-state index >= 15 is 0 Å². The molecular formula is C40H43N3OSi2. The van der Waals surface area contributed by atoms with E-state index in [-0.39, 0.29) is 6.04 Å². The van der Waals surface area contributed by atoms with E-state index in [9.17, 15) is 0 Å². The highest BCUT2D eigenvalue weighted by Crippen LogP contribution is 2.43. The van der Waals surface area contributed by atoms with E-state index in [2.05, 4.69) is 170 Å². The Bertz CT molecular complexity index is 2070. The zero-order valence-electron chi connectivity index (χ0n) is 27.7. The van der Waals surface area contributed by atoms with Gasteiger partial charge >= 0.3 is 0 Å². The van der Waals surface area contributed by atoms with Crippen LogP contribution in [0.5, 0.6) is 0 Å². The number of nitrogens with zero attached hydrogens (tertiary/aromatic N) is 1. The van der Waals surface area contributed by atoms with Crippen LogP contribution in [-0.2, 0) is 0 Å². The summed E-state index contributed by atoms with van der Waals surface area (Å²) >= 11 is 0. The monoisotopic (exact) mass is 637 g/mol. The third-order valence-electron chi connectivity index (χ3n) is 9.16. The molecule has 1 aromatic heterocycles. The van der Waals surface area contributed by atoms with Crippen molar-refractivity contribution in [1.29, 1.82) is 0 Å². The van der Waals surface area contributed by atoms with Gasteiger partial charge in [0.25, 0.3) is 0 Å². The number of dihydropyridines is 2. The SMILES string of the molecule is C[Si](C)(C)C1=CNC(c2cccc(N(c3cccc(C4=CC=C([Si](C)(C)C)CN4)c3)c3cccc4oc5ccccc5c34)c2)C=C1. The molecule has 0 aliphatic carbocycles. The molecule has 4 nitrogen and oxygen atoms in total. The molecule has 6 heteroatoms. The highest BCUT2D eigenvalue weighted by atomic mass is 28.3. The Morgan fingerprint density at radius 2 is 1.48 bits per heavy atom. The number of nitrogens with one attached hydrogen (secondary N) is 2. The number of hydrogen-bond donors (Lipinski definition) is 2. The lowest BCUT2D eigenvalue weighted by molar-refractivity contribution is 0.669. The van der Waals surface area contributed by atoms with Crippen LogP contribution < -0.4 is 15.5 Å². The highest BCUT2D eigenvalue weighted by molar-refractivity contribution is 6.84. The number of allylic oxidation sites excluding steroid dienone is 4. The van der Waals surface area contributed by atoms with Crippen LogP contribution in [0.4, 0.5) is 17.1 Å². The summed E-state index contributed by atoms with van der Waals surface area (Å²) in [6, 6.07) is 32.7. The first-order valence-corrected chi connectivity index (χ1v) is 23.3. The summed E-state index contributed by atoms with van der Waals surface area (Å²) in [6.07, 6.45) is 11.5. The number of fused-ring (bicyclic) bond motifs is 3. The van der Waals surface area contributed by atoms with Crippen molar-refractivity contribution in [1.82, 2.24) is 10.6 Å². The van der Waals surface area contributed by atoms with Crippen LogP contribution in [0.3, 0.4) is 0 Å². The van der Waals surface area contributed by atoms with Crippen LogP contribution in [0.25, 0.3) is 27.6 Å². The fraction of sp³-hybridized carbons (Fsp3) is 0.200. The second-order valence-corrected chi connectivity index (χ2v) is 24.7. The lowest BCUT2D eigenvalue weighted by Gasteiger charge is -2.29. The van der Waals surface area contributed by atoms with Gasteiger partial charge in [-0.2, -0.15) is 0 Å². The molecule has 0 spiro atoms. The lowest BCUT2D eigenvalue weighted by Crippen LogP contribution is -2.33. The Kier molecular flexibility index (Phi) is 7.66. The molecular weight excluding hydrogens is 595 g/mol. The van der Waals surface area contributed by atoms with Crippen molar-refractivity contribution in [2.75, 3.05) is 11.4 Å². The molecule has 3 heterocycles. The largest absolute Gasteiger partial charge is 0.456 e. The normalized spacial score (nSPS) is 16.8. The number of hydrogen-bond acceptors (Lipinski definition) is 4. The molecule has 2 aliphatic rings. The van der Waals surface area contributed by atoms with Crippen LogP contribution >= 0.6 is 0 Å². The van der Waals surface area contributed by atoms with Gasteiger partial charge in [0, 0.05) is 29.0 Å². The van der Waals surface area contributed by atoms with Gasteiger partial charge in [-0.3, -0.25) is 0 Å². The van der Waals surface area contributed by atoms with Gasteiger partial charge in [-0.15, -0.1) is 0 Å². The lowest BCUT2D eigenvalue weighted by atomic mass is 10.0. The third kappa shape index (κ3) is 5.79. The molecule has 0 saturated carbocycles. The van der Waals surface area contributed by atoms with Gasteiger partial charge in [0.05, 0.1) is 33.3 Å². The molecule has 232 valence electrons. The smallest absolute Gasteiger partial charge is 0.137 e. The van der Waals surface area contributed by atoms with Crippen molar-refractivity contribution in [3.8, 4) is 0 Å². The molecule has 1 atom stereocenters. The Morgan fingerprint density at radius 1 is 0.739 bits per heavy atom. The number of furan rings is 1.